The lowest BCUT2D eigenvalue weighted by atomic mass is 10.0. The molecule has 2 heterocycles. The van der Waals surface area contributed by atoms with E-state index in [1.807, 2.05) is 13.8 Å². The highest BCUT2D eigenvalue weighted by molar-refractivity contribution is 5.75. The van der Waals surface area contributed by atoms with E-state index in [0.717, 1.165) is 0 Å². The molecule has 0 bridgehead atoms. The molecule has 3 aromatic rings. The van der Waals surface area contributed by atoms with Crippen molar-refractivity contribution in [2.75, 3.05) is 5.73 Å². The summed E-state index contributed by atoms with van der Waals surface area (Å²) < 4.78 is 39.7. The largest absolute Gasteiger partial charge is 0.434 e. The monoisotopic (exact) mass is 428 g/mol. The topological polar surface area (TPSA) is 90.6 Å². The van der Waals surface area contributed by atoms with E-state index in [9.17, 15) is 13.6 Å². The second-order valence-electron chi connectivity index (χ2n) is 6.45. The SMILES string of the molecule is CC.CC1c2ccc(Oc3cccnn3)c(F)c2OC(=O)N1Cc1cccc(N)c1F. The number of hydrogen-bond acceptors (Lipinski definition) is 6. The van der Waals surface area contributed by atoms with Crippen molar-refractivity contribution < 1.29 is 23.0 Å². The van der Waals surface area contributed by atoms with Crippen LogP contribution in [-0.4, -0.2) is 21.2 Å². The van der Waals surface area contributed by atoms with Crippen LogP contribution in [0.15, 0.2) is 48.7 Å². The average Bonchev–Trinajstić information content (AvgIpc) is 2.78. The molecular formula is C22H22F2N4O3. The molecule has 7 nitrogen and oxygen atoms in total. The minimum atomic E-state index is -0.830. The van der Waals surface area contributed by atoms with Gasteiger partial charge in [-0.15, -0.1) is 5.10 Å². The van der Waals surface area contributed by atoms with Gasteiger partial charge in [0.1, 0.15) is 0 Å². The summed E-state index contributed by atoms with van der Waals surface area (Å²) in [4.78, 5) is 13.8. The number of aromatic nitrogens is 2. The van der Waals surface area contributed by atoms with Crippen LogP contribution in [0, 0.1) is 11.6 Å². The lowest BCUT2D eigenvalue weighted by molar-refractivity contribution is 0.114. The predicted octanol–water partition coefficient (Wildman–Crippen LogP) is 5.23. The second kappa shape index (κ2) is 9.38. The third-order valence-corrected chi connectivity index (χ3v) is 4.65. The lowest BCUT2D eigenvalue weighted by Gasteiger charge is -2.34. The molecule has 1 unspecified atom stereocenters. The molecule has 0 spiro atoms. The lowest BCUT2D eigenvalue weighted by Crippen LogP contribution is -2.39. The fraction of sp³-hybridized carbons (Fsp3) is 0.227. The number of amides is 1. The van der Waals surface area contributed by atoms with Crippen molar-refractivity contribution in [2.45, 2.75) is 33.4 Å². The summed E-state index contributed by atoms with van der Waals surface area (Å²) in [6, 6.07) is 10.1. The number of halogens is 2. The van der Waals surface area contributed by atoms with Gasteiger partial charge < -0.3 is 15.2 Å². The van der Waals surface area contributed by atoms with Gasteiger partial charge in [0.05, 0.1) is 18.3 Å². The number of nitrogens with zero attached hydrogens (tertiary/aromatic N) is 3. The first-order valence-corrected chi connectivity index (χ1v) is 9.75. The maximum absolute atomic E-state index is 14.9. The van der Waals surface area contributed by atoms with Gasteiger partial charge in [-0.25, -0.2) is 9.18 Å². The average molecular weight is 428 g/mol. The van der Waals surface area contributed by atoms with Crippen LogP contribution in [-0.2, 0) is 6.54 Å². The van der Waals surface area contributed by atoms with Gasteiger partial charge in [0.25, 0.3) is 0 Å². The van der Waals surface area contributed by atoms with E-state index in [1.165, 1.54) is 35.4 Å². The zero-order valence-corrected chi connectivity index (χ0v) is 17.3. The Morgan fingerprint density at radius 2 is 1.90 bits per heavy atom. The van der Waals surface area contributed by atoms with E-state index in [4.69, 9.17) is 15.2 Å². The molecule has 1 aliphatic heterocycles. The molecule has 0 radical (unpaired) electrons. The number of rotatable bonds is 4. The number of carbonyl (C=O) groups is 1. The molecule has 2 N–H and O–H groups in total. The van der Waals surface area contributed by atoms with Crippen molar-refractivity contribution in [3.63, 3.8) is 0 Å². The van der Waals surface area contributed by atoms with E-state index in [2.05, 4.69) is 10.2 Å². The van der Waals surface area contributed by atoms with Crippen molar-refractivity contribution in [1.82, 2.24) is 15.1 Å². The number of anilines is 1. The van der Waals surface area contributed by atoms with Crippen LogP contribution in [0.5, 0.6) is 17.4 Å². The van der Waals surface area contributed by atoms with Crippen LogP contribution in [0.1, 0.15) is 37.9 Å². The minimum Gasteiger partial charge on any atom is -0.434 e. The molecular weight excluding hydrogens is 406 g/mol. The van der Waals surface area contributed by atoms with Crippen molar-refractivity contribution in [2.24, 2.45) is 0 Å². The summed E-state index contributed by atoms with van der Waals surface area (Å²) in [7, 11) is 0. The Labute approximate surface area is 178 Å². The summed E-state index contributed by atoms with van der Waals surface area (Å²) in [6.45, 7) is 5.63. The summed E-state index contributed by atoms with van der Waals surface area (Å²) >= 11 is 0. The standard InChI is InChI=1S/C20H16F2N4O3.C2H6/c1-11-13-7-8-15(28-16-6-3-9-24-25-16)18(22)19(13)29-20(27)26(11)10-12-4-2-5-14(23)17(12)21;1-2/h2-9,11H,10,23H2,1H3;1-2H3. The van der Waals surface area contributed by atoms with Crippen LogP contribution in [0.25, 0.3) is 0 Å². The summed E-state index contributed by atoms with van der Waals surface area (Å²) in [5, 5.41) is 7.39. The number of fused-ring (bicyclic) bond motifs is 1. The molecule has 0 aliphatic carbocycles. The molecule has 4 rings (SSSR count). The number of carbonyl (C=O) groups excluding carboxylic acids is 1. The highest BCUT2D eigenvalue weighted by Gasteiger charge is 2.35. The maximum Gasteiger partial charge on any atom is 0.416 e. The van der Waals surface area contributed by atoms with Crippen LogP contribution >= 0.6 is 0 Å². The van der Waals surface area contributed by atoms with E-state index >= 15 is 0 Å². The van der Waals surface area contributed by atoms with Crippen molar-refractivity contribution >= 4 is 11.8 Å². The van der Waals surface area contributed by atoms with Crippen LogP contribution in [0.4, 0.5) is 19.3 Å². The van der Waals surface area contributed by atoms with E-state index in [1.54, 1.807) is 25.1 Å². The van der Waals surface area contributed by atoms with Crippen LogP contribution in [0.3, 0.4) is 0 Å². The Balaban J connectivity index is 0.00000132. The zero-order valence-electron chi connectivity index (χ0n) is 17.3. The highest BCUT2D eigenvalue weighted by atomic mass is 19.1. The van der Waals surface area contributed by atoms with Gasteiger partial charge in [0.15, 0.2) is 17.3 Å². The summed E-state index contributed by atoms with van der Waals surface area (Å²) in [5.41, 5.74) is 6.24. The molecule has 1 amide bonds. The Morgan fingerprint density at radius 3 is 2.61 bits per heavy atom. The minimum absolute atomic E-state index is 0.0159. The second-order valence-corrected chi connectivity index (χ2v) is 6.45. The fourth-order valence-corrected chi connectivity index (χ4v) is 3.10. The zero-order chi connectivity index (χ0) is 22.5. The van der Waals surface area contributed by atoms with Gasteiger partial charge >= 0.3 is 6.09 Å². The molecule has 0 fully saturated rings. The van der Waals surface area contributed by atoms with Crippen molar-refractivity contribution in [1.29, 1.82) is 0 Å². The first-order chi connectivity index (χ1) is 15.0. The smallest absolute Gasteiger partial charge is 0.416 e. The number of nitrogens with two attached hydrogens (primary N) is 1. The van der Waals surface area contributed by atoms with Gasteiger partial charge in [-0.3, -0.25) is 4.90 Å². The molecule has 2 aromatic carbocycles. The Bertz CT molecular complexity index is 1080. The number of nitrogen functional groups attached to an aromatic ring is 1. The van der Waals surface area contributed by atoms with Crippen molar-refractivity contribution in [3.8, 4) is 17.4 Å². The van der Waals surface area contributed by atoms with Gasteiger partial charge in [0.2, 0.25) is 11.7 Å². The highest BCUT2D eigenvalue weighted by Crippen LogP contribution is 2.41. The maximum atomic E-state index is 14.9. The normalized spacial score (nSPS) is 14.8. The third kappa shape index (κ3) is 4.40. The fourth-order valence-electron chi connectivity index (χ4n) is 3.10. The van der Waals surface area contributed by atoms with Crippen LogP contribution < -0.4 is 15.2 Å². The number of ether oxygens (including phenoxy) is 2. The Hall–Kier alpha value is -3.75. The molecule has 1 atom stereocenters. The number of benzene rings is 2. The third-order valence-electron chi connectivity index (χ3n) is 4.65. The summed E-state index contributed by atoms with van der Waals surface area (Å²) in [5.74, 6) is -1.71. The van der Waals surface area contributed by atoms with E-state index in [0.29, 0.717) is 5.56 Å². The molecule has 0 saturated heterocycles. The van der Waals surface area contributed by atoms with Crippen molar-refractivity contribution in [3.05, 3.63) is 71.4 Å². The Kier molecular flexibility index (Phi) is 6.64. The van der Waals surface area contributed by atoms with Gasteiger partial charge in [-0.1, -0.05) is 26.0 Å². The number of hydrogen-bond donors (Lipinski definition) is 1. The van der Waals surface area contributed by atoms with Crippen LogP contribution in [0.2, 0.25) is 0 Å². The first-order valence-electron chi connectivity index (χ1n) is 9.75. The molecule has 1 aromatic heterocycles. The Morgan fingerprint density at radius 1 is 1.13 bits per heavy atom. The molecule has 9 heteroatoms. The molecule has 31 heavy (non-hydrogen) atoms. The van der Waals surface area contributed by atoms with E-state index < -0.39 is 23.8 Å². The van der Waals surface area contributed by atoms with Gasteiger partial charge in [0, 0.05) is 23.4 Å². The van der Waals surface area contributed by atoms with Gasteiger partial charge in [-0.2, -0.15) is 9.49 Å². The first kappa shape index (κ1) is 21.9. The molecule has 1 aliphatic rings. The van der Waals surface area contributed by atoms with E-state index in [-0.39, 0.29) is 35.2 Å². The predicted molar refractivity (Wildman–Crippen MR) is 111 cm³/mol. The molecule has 162 valence electrons. The van der Waals surface area contributed by atoms with Gasteiger partial charge in [-0.05, 0) is 31.2 Å². The molecule has 0 saturated carbocycles. The quantitative estimate of drug-likeness (QED) is 0.572. The summed E-state index contributed by atoms with van der Waals surface area (Å²) in [6.07, 6.45) is 0.652.